The van der Waals surface area contributed by atoms with Crippen LogP contribution in [0.4, 0.5) is 0 Å². The van der Waals surface area contributed by atoms with Crippen LogP contribution < -0.4 is 0 Å². The molecule has 0 unspecified atom stereocenters. The molecule has 0 aliphatic rings. The van der Waals surface area contributed by atoms with Gasteiger partial charge in [0.05, 0.1) is 0 Å². The second kappa shape index (κ2) is 4.02. The summed E-state index contributed by atoms with van der Waals surface area (Å²) in [5, 5.41) is 3.70. The largest absolute Gasteiger partial charge is 0.143 e. The third kappa shape index (κ3) is 1.87. The number of aryl methyl sites for hydroxylation is 1. The summed E-state index contributed by atoms with van der Waals surface area (Å²) >= 11 is 6.66. The van der Waals surface area contributed by atoms with Crippen molar-refractivity contribution in [2.24, 2.45) is 0 Å². The lowest BCUT2D eigenvalue weighted by molar-refractivity contribution is 1.16. The summed E-state index contributed by atoms with van der Waals surface area (Å²) in [5.41, 5.74) is 1.48. The highest BCUT2D eigenvalue weighted by Gasteiger charge is 2.06. The van der Waals surface area contributed by atoms with Gasteiger partial charge in [-0.2, -0.15) is 0 Å². The number of halogens is 2. The molecule has 0 aliphatic heterocycles. The molecule has 13 heavy (non-hydrogen) atoms. The van der Waals surface area contributed by atoms with Crippen LogP contribution in [-0.2, 0) is 6.42 Å². The van der Waals surface area contributed by atoms with Crippen molar-refractivity contribution in [3.8, 4) is 0 Å². The molecule has 0 radical (unpaired) electrons. The van der Waals surface area contributed by atoms with E-state index in [2.05, 4.69) is 69.6 Å². The Bertz CT molecular complexity index is 445. The van der Waals surface area contributed by atoms with Crippen molar-refractivity contribution >= 4 is 66.6 Å². The summed E-state index contributed by atoms with van der Waals surface area (Å²) in [6.45, 7) is 2.22. The zero-order valence-corrected chi connectivity index (χ0v) is 12.2. The lowest BCUT2D eigenvalue weighted by Crippen LogP contribution is -1.84. The van der Waals surface area contributed by atoms with Crippen molar-refractivity contribution in [3.63, 3.8) is 0 Å². The molecule has 1 heterocycles. The topological polar surface area (TPSA) is 0 Å². The minimum Gasteiger partial charge on any atom is -0.143 e. The fraction of sp³-hybridized carbons (Fsp3) is 0.200. The van der Waals surface area contributed by atoms with Gasteiger partial charge in [0.1, 0.15) is 0 Å². The predicted molar refractivity (Wildman–Crippen MR) is 76.6 cm³/mol. The Morgan fingerprint density at radius 2 is 2.08 bits per heavy atom. The van der Waals surface area contributed by atoms with Gasteiger partial charge in [0.15, 0.2) is 0 Å². The molecule has 0 amide bonds. The smallest absolute Gasteiger partial charge is 0.0367 e. The molecule has 0 bridgehead atoms. The van der Waals surface area contributed by atoms with Crippen molar-refractivity contribution in [3.05, 3.63) is 30.2 Å². The van der Waals surface area contributed by atoms with E-state index < -0.39 is 0 Å². The maximum absolute atomic E-state index is 2.42. The molecule has 3 heteroatoms. The number of benzene rings is 1. The number of thiophene rings is 1. The van der Waals surface area contributed by atoms with Crippen LogP contribution in [0.1, 0.15) is 12.5 Å². The second-order valence-corrected chi connectivity index (χ2v) is 6.19. The van der Waals surface area contributed by atoms with Crippen molar-refractivity contribution in [2.45, 2.75) is 13.3 Å². The Balaban J connectivity index is 2.85. The van der Waals surface area contributed by atoms with Crippen LogP contribution in [0, 0.1) is 7.14 Å². The van der Waals surface area contributed by atoms with Gasteiger partial charge in [-0.3, -0.25) is 0 Å². The quantitative estimate of drug-likeness (QED) is 0.596. The van der Waals surface area contributed by atoms with E-state index in [1.165, 1.54) is 22.8 Å². The summed E-state index contributed by atoms with van der Waals surface area (Å²) in [6.07, 6.45) is 1.13. The Labute approximate surface area is 109 Å². The van der Waals surface area contributed by atoms with E-state index >= 15 is 0 Å². The maximum Gasteiger partial charge on any atom is 0.0367 e. The molecule has 0 saturated carbocycles. The van der Waals surface area contributed by atoms with Gasteiger partial charge in [-0.15, -0.1) is 11.3 Å². The van der Waals surface area contributed by atoms with Gasteiger partial charge < -0.3 is 0 Å². The first-order valence-electron chi connectivity index (χ1n) is 4.07. The molecular formula is C10H8I2S. The van der Waals surface area contributed by atoms with Crippen LogP contribution in [0.2, 0.25) is 0 Å². The average molecular weight is 414 g/mol. The van der Waals surface area contributed by atoms with Gasteiger partial charge in [-0.05, 0) is 69.3 Å². The summed E-state index contributed by atoms with van der Waals surface area (Å²) < 4.78 is 4.17. The number of rotatable bonds is 1. The van der Waals surface area contributed by atoms with Crippen LogP contribution in [0.3, 0.4) is 0 Å². The van der Waals surface area contributed by atoms with E-state index in [1.54, 1.807) is 0 Å². The molecule has 0 N–H and O–H groups in total. The van der Waals surface area contributed by atoms with Crippen molar-refractivity contribution < 1.29 is 0 Å². The maximum atomic E-state index is 2.42. The van der Waals surface area contributed by atoms with Crippen molar-refractivity contribution in [1.29, 1.82) is 0 Å². The number of fused-ring (bicyclic) bond motifs is 1. The highest BCUT2D eigenvalue weighted by molar-refractivity contribution is 14.1. The zero-order valence-electron chi connectivity index (χ0n) is 7.10. The lowest BCUT2D eigenvalue weighted by Gasteiger charge is -2.01. The number of hydrogen-bond donors (Lipinski definition) is 0. The van der Waals surface area contributed by atoms with Gasteiger partial charge in [-0.25, -0.2) is 0 Å². The molecule has 68 valence electrons. The molecule has 2 aromatic rings. The highest BCUT2D eigenvalue weighted by atomic mass is 127. The van der Waals surface area contributed by atoms with E-state index in [0.717, 1.165) is 6.42 Å². The molecular weight excluding hydrogens is 406 g/mol. The van der Waals surface area contributed by atoms with Crippen LogP contribution in [0.5, 0.6) is 0 Å². The normalized spacial score (nSPS) is 11.0. The Hall–Kier alpha value is 0.640. The molecule has 0 saturated heterocycles. The van der Waals surface area contributed by atoms with Gasteiger partial charge >= 0.3 is 0 Å². The SMILES string of the molecule is CCc1cc(I)cc2scc(I)c12. The standard InChI is InChI=1S/C10H8I2S/c1-2-6-3-7(11)4-9-10(6)8(12)5-13-9/h3-5H,2H2,1H3. The zero-order chi connectivity index (χ0) is 9.42. The van der Waals surface area contributed by atoms with Crippen molar-refractivity contribution in [2.75, 3.05) is 0 Å². The first-order chi connectivity index (χ1) is 6.22. The van der Waals surface area contributed by atoms with E-state index in [0.29, 0.717) is 0 Å². The fourth-order valence-corrected chi connectivity index (χ4v) is 4.46. The van der Waals surface area contributed by atoms with Gasteiger partial charge in [-0.1, -0.05) is 6.92 Å². The molecule has 2 rings (SSSR count). The summed E-state index contributed by atoms with van der Waals surface area (Å²) in [4.78, 5) is 0. The van der Waals surface area contributed by atoms with E-state index in [-0.39, 0.29) is 0 Å². The minimum atomic E-state index is 1.13. The summed E-state index contributed by atoms with van der Waals surface area (Å²) in [7, 11) is 0. The van der Waals surface area contributed by atoms with Crippen LogP contribution >= 0.6 is 56.5 Å². The van der Waals surface area contributed by atoms with Crippen LogP contribution in [-0.4, -0.2) is 0 Å². The third-order valence-electron chi connectivity index (χ3n) is 2.06. The molecule has 0 fully saturated rings. The molecule has 0 atom stereocenters. The third-order valence-corrected chi connectivity index (χ3v) is 4.88. The van der Waals surface area contributed by atoms with Crippen molar-refractivity contribution in [1.82, 2.24) is 0 Å². The fourth-order valence-electron chi connectivity index (χ4n) is 1.45. The summed E-state index contributed by atoms with van der Waals surface area (Å²) in [5.74, 6) is 0. The van der Waals surface area contributed by atoms with Crippen LogP contribution in [0.15, 0.2) is 17.5 Å². The first kappa shape index (κ1) is 10.2. The van der Waals surface area contributed by atoms with E-state index in [9.17, 15) is 0 Å². The molecule has 1 aromatic heterocycles. The van der Waals surface area contributed by atoms with Crippen LogP contribution in [0.25, 0.3) is 10.1 Å². The monoisotopic (exact) mass is 414 g/mol. The Morgan fingerprint density at radius 1 is 1.31 bits per heavy atom. The number of hydrogen-bond acceptors (Lipinski definition) is 1. The second-order valence-electron chi connectivity index (χ2n) is 2.88. The lowest BCUT2D eigenvalue weighted by atomic mass is 10.1. The summed E-state index contributed by atoms with van der Waals surface area (Å²) in [6, 6.07) is 4.56. The molecule has 0 nitrogen and oxygen atoms in total. The highest BCUT2D eigenvalue weighted by Crippen LogP contribution is 2.32. The van der Waals surface area contributed by atoms with Gasteiger partial charge in [0, 0.05) is 22.6 Å². The van der Waals surface area contributed by atoms with Gasteiger partial charge in [0.25, 0.3) is 0 Å². The van der Waals surface area contributed by atoms with E-state index in [1.807, 2.05) is 11.3 Å². The minimum absolute atomic E-state index is 1.13. The Morgan fingerprint density at radius 3 is 2.77 bits per heavy atom. The molecule has 0 aliphatic carbocycles. The average Bonchev–Trinajstić information content (AvgIpc) is 2.46. The predicted octanol–water partition coefficient (Wildman–Crippen LogP) is 4.67. The molecule has 0 spiro atoms. The first-order valence-corrected chi connectivity index (χ1v) is 7.11. The molecule has 1 aromatic carbocycles. The Kier molecular flexibility index (Phi) is 3.14. The van der Waals surface area contributed by atoms with E-state index in [4.69, 9.17) is 0 Å². The van der Waals surface area contributed by atoms with Gasteiger partial charge in [0.2, 0.25) is 0 Å².